The Morgan fingerprint density at radius 3 is 2.47 bits per heavy atom. The Labute approximate surface area is 195 Å². The van der Waals surface area contributed by atoms with E-state index >= 15 is 0 Å². The predicted octanol–water partition coefficient (Wildman–Crippen LogP) is 4.68. The molecule has 2 aromatic heterocycles. The van der Waals surface area contributed by atoms with Crippen LogP contribution in [0.4, 0.5) is 24.7 Å². The van der Waals surface area contributed by atoms with Crippen LogP contribution in [0.15, 0.2) is 42.9 Å². The van der Waals surface area contributed by atoms with E-state index in [0.29, 0.717) is 19.0 Å². The molecule has 1 saturated heterocycles. The van der Waals surface area contributed by atoms with Gasteiger partial charge in [-0.2, -0.15) is 13.2 Å². The fourth-order valence-corrected chi connectivity index (χ4v) is 4.52. The van der Waals surface area contributed by atoms with E-state index < -0.39 is 11.7 Å². The number of alkyl halides is 3. The number of hydrogen-bond acceptors (Lipinski definition) is 7. The molecule has 0 unspecified atom stereocenters. The molecule has 1 N–H and O–H groups in total. The molecule has 0 atom stereocenters. The third kappa shape index (κ3) is 5.16. The Morgan fingerprint density at radius 2 is 1.71 bits per heavy atom. The van der Waals surface area contributed by atoms with E-state index in [2.05, 4.69) is 25.2 Å². The largest absolute Gasteiger partial charge is 0.488 e. The third-order valence-electron chi connectivity index (χ3n) is 6.31. The number of halogens is 3. The first-order valence-corrected chi connectivity index (χ1v) is 11.5. The Hall–Kier alpha value is -3.14. The van der Waals surface area contributed by atoms with Crippen LogP contribution in [0, 0.1) is 0 Å². The van der Waals surface area contributed by atoms with Gasteiger partial charge in [0.2, 0.25) is 0 Å². The molecule has 0 bridgehead atoms. The molecule has 0 amide bonds. The predicted molar refractivity (Wildman–Crippen MR) is 122 cm³/mol. The number of nitrogens with zero attached hydrogens (tertiary/aromatic N) is 4. The number of anilines is 2. The van der Waals surface area contributed by atoms with Gasteiger partial charge in [-0.25, -0.2) is 9.97 Å². The van der Waals surface area contributed by atoms with Crippen molar-refractivity contribution in [2.24, 2.45) is 0 Å². The molecule has 2 fully saturated rings. The SMILES string of the molecule is FC(F)(F)c1ccnc(N[C@H]2CC[C@@H](Oc3cc(N4CCOCC4)cc4nccnc34)CC2)c1. The fraction of sp³-hybridized carbons (Fsp3) is 0.458. The van der Waals surface area contributed by atoms with E-state index in [1.807, 2.05) is 12.1 Å². The van der Waals surface area contributed by atoms with Crippen molar-refractivity contribution in [3.05, 3.63) is 48.4 Å². The topological polar surface area (TPSA) is 72.4 Å². The maximum absolute atomic E-state index is 13.0. The Bertz CT molecular complexity index is 1130. The number of ether oxygens (including phenoxy) is 2. The van der Waals surface area contributed by atoms with Gasteiger partial charge in [0.15, 0.2) is 0 Å². The summed E-state index contributed by atoms with van der Waals surface area (Å²) in [6.07, 6.45) is 3.24. The van der Waals surface area contributed by atoms with Crippen LogP contribution in [0.1, 0.15) is 31.2 Å². The fourth-order valence-electron chi connectivity index (χ4n) is 4.52. The minimum absolute atomic E-state index is 0.00216. The van der Waals surface area contributed by atoms with Crippen LogP contribution in [-0.2, 0) is 10.9 Å². The maximum Gasteiger partial charge on any atom is 0.416 e. The van der Waals surface area contributed by atoms with Crippen molar-refractivity contribution < 1.29 is 22.6 Å². The van der Waals surface area contributed by atoms with Crippen LogP contribution < -0.4 is 15.0 Å². The summed E-state index contributed by atoms with van der Waals surface area (Å²) in [4.78, 5) is 15.3. The molecule has 5 rings (SSSR count). The molecule has 3 heterocycles. The summed E-state index contributed by atoms with van der Waals surface area (Å²) >= 11 is 0. The van der Waals surface area contributed by atoms with Gasteiger partial charge in [0, 0.05) is 49.5 Å². The second-order valence-electron chi connectivity index (χ2n) is 8.63. The molecule has 0 radical (unpaired) electrons. The van der Waals surface area contributed by atoms with Crippen LogP contribution in [0.3, 0.4) is 0 Å². The number of aromatic nitrogens is 3. The Balaban J connectivity index is 1.25. The first kappa shape index (κ1) is 22.6. The highest BCUT2D eigenvalue weighted by molar-refractivity contribution is 5.85. The first-order chi connectivity index (χ1) is 16.5. The van der Waals surface area contributed by atoms with Crippen molar-refractivity contribution in [3.63, 3.8) is 0 Å². The van der Waals surface area contributed by atoms with E-state index in [0.717, 1.165) is 67.6 Å². The monoisotopic (exact) mass is 473 g/mol. The molecule has 34 heavy (non-hydrogen) atoms. The van der Waals surface area contributed by atoms with Crippen molar-refractivity contribution >= 4 is 22.5 Å². The Morgan fingerprint density at radius 1 is 0.941 bits per heavy atom. The number of rotatable bonds is 5. The second kappa shape index (κ2) is 9.61. The van der Waals surface area contributed by atoms with Crippen molar-refractivity contribution in [1.29, 1.82) is 0 Å². The van der Waals surface area contributed by atoms with Crippen molar-refractivity contribution in [2.75, 3.05) is 36.5 Å². The molecular formula is C24H26F3N5O2. The number of benzene rings is 1. The average molecular weight is 473 g/mol. The normalized spacial score (nSPS) is 21.4. The minimum Gasteiger partial charge on any atom is -0.488 e. The highest BCUT2D eigenvalue weighted by Crippen LogP contribution is 2.34. The van der Waals surface area contributed by atoms with Gasteiger partial charge >= 0.3 is 6.18 Å². The molecule has 2 aliphatic rings. The van der Waals surface area contributed by atoms with Crippen LogP contribution in [0.2, 0.25) is 0 Å². The summed E-state index contributed by atoms with van der Waals surface area (Å²) in [5.41, 5.74) is 1.85. The van der Waals surface area contributed by atoms with Crippen molar-refractivity contribution in [2.45, 2.75) is 44.0 Å². The number of pyridine rings is 1. The van der Waals surface area contributed by atoms with E-state index in [1.165, 1.54) is 6.20 Å². The zero-order valence-electron chi connectivity index (χ0n) is 18.6. The highest BCUT2D eigenvalue weighted by Gasteiger charge is 2.31. The van der Waals surface area contributed by atoms with Gasteiger partial charge in [-0.1, -0.05) is 0 Å². The van der Waals surface area contributed by atoms with E-state index in [-0.39, 0.29) is 18.0 Å². The summed E-state index contributed by atoms with van der Waals surface area (Å²) < 4.78 is 50.8. The van der Waals surface area contributed by atoms with Crippen LogP contribution in [0.5, 0.6) is 5.75 Å². The first-order valence-electron chi connectivity index (χ1n) is 11.5. The van der Waals surface area contributed by atoms with Gasteiger partial charge in [0.25, 0.3) is 0 Å². The zero-order valence-corrected chi connectivity index (χ0v) is 18.6. The molecule has 7 nitrogen and oxygen atoms in total. The number of hydrogen-bond donors (Lipinski definition) is 1. The lowest BCUT2D eigenvalue weighted by Gasteiger charge is -2.31. The average Bonchev–Trinajstić information content (AvgIpc) is 2.85. The lowest BCUT2D eigenvalue weighted by Crippen LogP contribution is -2.36. The molecule has 3 aromatic rings. The van der Waals surface area contributed by atoms with E-state index in [9.17, 15) is 13.2 Å². The molecular weight excluding hydrogens is 447 g/mol. The molecule has 1 saturated carbocycles. The van der Waals surface area contributed by atoms with E-state index in [4.69, 9.17) is 9.47 Å². The molecule has 1 aliphatic carbocycles. The summed E-state index contributed by atoms with van der Waals surface area (Å²) in [6, 6.07) is 6.15. The van der Waals surface area contributed by atoms with Gasteiger partial charge in [0.1, 0.15) is 17.1 Å². The smallest absolute Gasteiger partial charge is 0.416 e. The maximum atomic E-state index is 13.0. The van der Waals surface area contributed by atoms with Gasteiger partial charge in [-0.15, -0.1) is 0 Å². The van der Waals surface area contributed by atoms with Crippen molar-refractivity contribution in [3.8, 4) is 5.75 Å². The third-order valence-corrected chi connectivity index (χ3v) is 6.31. The van der Waals surface area contributed by atoms with Gasteiger partial charge in [-0.05, 0) is 43.9 Å². The zero-order chi connectivity index (χ0) is 23.5. The van der Waals surface area contributed by atoms with Gasteiger partial charge in [0.05, 0.1) is 30.4 Å². The summed E-state index contributed by atoms with van der Waals surface area (Å²) in [6.45, 7) is 3.00. The van der Waals surface area contributed by atoms with E-state index in [1.54, 1.807) is 12.4 Å². The molecule has 180 valence electrons. The lowest BCUT2D eigenvalue weighted by atomic mass is 9.93. The Kier molecular flexibility index (Phi) is 6.40. The summed E-state index contributed by atoms with van der Waals surface area (Å²) in [5, 5.41) is 3.15. The van der Waals surface area contributed by atoms with Crippen LogP contribution in [-0.4, -0.2) is 53.4 Å². The molecule has 1 aliphatic heterocycles. The van der Waals surface area contributed by atoms with Gasteiger partial charge < -0.3 is 19.7 Å². The van der Waals surface area contributed by atoms with Gasteiger partial charge in [-0.3, -0.25) is 4.98 Å². The second-order valence-corrected chi connectivity index (χ2v) is 8.63. The lowest BCUT2D eigenvalue weighted by molar-refractivity contribution is -0.137. The number of fused-ring (bicyclic) bond motifs is 1. The quantitative estimate of drug-likeness (QED) is 0.577. The van der Waals surface area contributed by atoms with Crippen LogP contribution >= 0.6 is 0 Å². The standard InChI is InChI=1S/C24H26F3N5O2/c25-24(26,27)16-5-6-29-22(13-16)31-17-1-3-19(4-2-17)34-21-15-18(32-9-11-33-12-10-32)14-20-23(21)30-8-7-28-20/h5-8,13-15,17,19H,1-4,9-12H2,(H,29,31)/t17-,19+. The number of morpholine rings is 1. The van der Waals surface area contributed by atoms with Crippen LogP contribution in [0.25, 0.3) is 11.0 Å². The summed E-state index contributed by atoms with van der Waals surface area (Å²) in [7, 11) is 0. The van der Waals surface area contributed by atoms with Crippen molar-refractivity contribution in [1.82, 2.24) is 15.0 Å². The molecule has 0 spiro atoms. The molecule has 1 aromatic carbocycles. The highest BCUT2D eigenvalue weighted by atomic mass is 19.4. The summed E-state index contributed by atoms with van der Waals surface area (Å²) in [5.74, 6) is 0.960. The number of nitrogens with one attached hydrogen (secondary N) is 1. The minimum atomic E-state index is -4.38. The molecule has 10 heteroatoms.